The van der Waals surface area contributed by atoms with E-state index in [1.807, 2.05) is 0 Å². The van der Waals surface area contributed by atoms with E-state index in [0.29, 0.717) is 6.07 Å². The minimum Gasteiger partial charge on any atom is -0.289 e. The summed E-state index contributed by atoms with van der Waals surface area (Å²) in [5, 5.41) is 0. The molecule has 1 aromatic carbocycles. The number of alkyl halides is 3. The summed E-state index contributed by atoms with van der Waals surface area (Å²) in [6.45, 7) is 3.07. The lowest BCUT2D eigenvalue weighted by molar-refractivity contribution is -0.140. The van der Waals surface area contributed by atoms with E-state index < -0.39 is 28.9 Å². The van der Waals surface area contributed by atoms with Gasteiger partial charge in [0.1, 0.15) is 5.82 Å². The molecule has 0 amide bonds. The molecule has 1 rings (SSSR count). The maximum absolute atomic E-state index is 13.2. The number of hydrogen-bond acceptors (Lipinski definition) is 1. The van der Waals surface area contributed by atoms with Gasteiger partial charge in [-0.2, -0.15) is 13.2 Å². The molecule has 1 nitrogen and oxygen atoms in total. The Balaban J connectivity index is 3.36. The first kappa shape index (κ1) is 11.4. The summed E-state index contributed by atoms with van der Waals surface area (Å²) in [4.78, 5) is 11.0. The number of benzene rings is 1. The normalized spacial score (nSPS) is 11.2. The molecule has 0 aliphatic carbocycles. The fourth-order valence-electron chi connectivity index (χ4n) is 1.05. The molecule has 0 fully saturated rings. The molecule has 1 aromatic rings. The van der Waals surface area contributed by atoms with Crippen molar-refractivity contribution in [3.05, 3.63) is 47.8 Å². The van der Waals surface area contributed by atoms with Gasteiger partial charge in [0, 0.05) is 0 Å². The van der Waals surface area contributed by atoms with Crippen LogP contribution in [-0.4, -0.2) is 5.78 Å². The van der Waals surface area contributed by atoms with E-state index in [1.54, 1.807) is 0 Å². The van der Waals surface area contributed by atoms with E-state index in [4.69, 9.17) is 0 Å². The van der Waals surface area contributed by atoms with Crippen molar-refractivity contribution in [3.63, 3.8) is 0 Å². The molecule has 5 heteroatoms. The van der Waals surface area contributed by atoms with Crippen LogP contribution < -0.4 is 0 Å². The lowest BCUT2D eigenvalue weighted by Gasteiger charge is -2.09. The zero-order chi connectivity index (χ0) is 11.6. The molecule has 0 bridgehead atoms. The second kappa shape index (κ2) is 3.84. The Morgan fingerprint density at radius 1 is 1.33 bits per heavy atom. The van der Waals surface area contributed by atoms with Gasteiger partial charge in [-0.15, -0.1) is 0 Å². The molecule has 0 saturated carbocycles. The molecular formula is C10H6F4O. The van der Waals surface area contributed by atoms with Crippen LogP contribution in [-0.2, 0) is 6.18 Å². The number of hydrogen-bond donors (Lipinski definition) is 0. The Labute approximate surface area is 83.0 Å². The fourth-order valence-corrected chi connectivity index (χ4v) is 1.05. The number of ketones is 1. The van der Waals surface area contributed by atoms with E-state index in [2.05, 4.69) is 6.58 Å². The topological polar surface area (TPSA) is 17.1 Å². The summed E-state index contributed by atoms with van der Waals surface area (Å²) in [6.07, 6.45) is -4.04. The molecule has 0 atom stereocenters. The maximum Gasteiger partial charge on any atom is 0.419 e. The minimum absolute atomic E-state index is 0.579. The van der Waals surface area contributed by atoms with Gasteiger partial charge in [-0.25, -0.2) is 4.39 Å². The molecule has 0 radical (unpaired) electrons. The first-order chi connectivity index (χ1) is 6.88. The Morgan fingerprint density at radius 3 is 2.40 bits per heavy atom. The third kappa shape index (κ3) is 2.23. The lowest BCUT2D eigenvalue weighted by atomic mass is 10.1. The smallest absolute Gasteiger partial charge is 0.289 e. The van der Waals surface area contributed by atoms with Crippen molar-refractivity contribution in [3.8, 4) is 0 Å². The molecule has 0 heterocycles. The zero-order valence-electron chi connectivity index (χ0n) is 7.44. The Morgan fingerprint density at radius 2 is 1.93 bits per heavy atom. The van der Waals surface area contributed by atoms with Crippen LogP contribution in [0.3, 0.4) is 0 Å². The third-order valence-corrected chi connectivity index (χ3v) is 1.75. The standard InChI is InChI=1S/C10H6F4O/c1-2-8(15)6-4-3-5-7(9(6)11)10(12,13)14/h2-5H,1H2. The van der Waals surface area contributed by atoms with Gasteiger partial charge < -0.3 is 0 Å². The molecule has 0 unspecified atom stereocenters. The van der Waals surface area contributed by atoms with Crippen molar-refractivity contribution < 1.29 is 22.4 Å². The predicted molar refractivity (Wildman–Crippen MR) is 45.9 cm³/mol. The van der Waals surface area contributed by atoms with E-state index in [9.17, 15) is 22.4 Å². The van der Waals surface area contributed by atoms with E-state index in [1.165, 1.54) is 0 Å². The van der Waals surface area contributed by atoms with Crippen molar-refractivity contribution in [1.29, 1.82) is 0 Å². The Bertz CT molecular complexity index is 406. The average Bonchev–Trinajstić information content (AvgIpc) is 2.15. The SMILES string of the molecule is C=CC(=O)c1cccc(C(F)(F)F)c1F. The number of rotatable bonds is 2. The van der Waals surface area contributed by atoms with Crippen LogP contribution in [0, 0.1) is 5.82 Å². The van der Waals surface area contributed by atoms with Crippen LogP contribution in [0.25, 0.3) is 0 Å². The van der Waals surface area contributed by atoms with Gasteiger partial charge in [0.15, 0.2) is 5.78 Å². The van der Waals surface area contributed by atoms with Crippen LogP contribution >= 0.6 is 0 Å². The van der Waals surface area contributed by atoms with E-state index in [0.717, 1.165) is 18.2 Å². The lowest BCUT2D eigenvalue weighted by Crippen LogP contribution is -2.11. The van der Waals surface area contributed by atoms with Crippen LogP contribution in [0.15, 0.2) is 30.9 Å². The molecule has 0 aliphatic rings. The van der Waals surface area contributed by atoms with E-state index in [-0.39, 0.29) is 0 Å². The van der Waals surface area contributed by atoms with Gasteiger partial charge in [0.2, 0.25) is 0 Å². The van der Waals surface area contributed by atoms with Gasteiger partial charge in [-0.05, 0) is 18.2 Å². The van der Waals surface area contributed by atoms with Crippen molar-refractivity contribution >= 4 is 5.78 Å². The molecule has 0 aliphatic heterocycles. The van der Waals surface area contributed by atoms with Crippen molar-refractivity contribution in [2.45, 2.75) is 6.18 Å². The highest BCUT2D eigenvalue weighted by Crippen LogP contribution is 2.32. The highest BCUT2D eigenvalue weighted by molar-refractivity contribution is 6.04. The van der Waals surface area contributed by atoms with E-state index >= 15 is 0 Å². The van der Waals surface area contributed by atoms with Gasteiger partial charge >= 0.3 is 6.18 Å². The van der Waals surface area contributed by atoms with Gasteiger partial charge in [-0.3, -0.25) is 4.79 Å². The third-order valence-electron chi connectivity index (χ3n) is 1.75. The molecule has 0 saturated heterocycles. The highest BCUT2D eigenvalue weighted by Gasteiger charge is 2.35. The molecule has 0 N–H and O–H groups in total. The summed E-state index contributed by atoms with van der Waals surface area (Å²) in [5.41, 5.74) is -2.07. The largest absolute Gasteiger partial charge is 0.419 e. The highest BCUT2D eigenvalue weighted by atomic mass is 19.4. The summed E-state index contributed by atoms with van der Waals surface area (Å²) in [5.74, 6) is -2.44. The second-order valence-electron chi connectivity index (χ2n) is 2.73. The van der Waals surface area contributed by atoms with Crippen LogP contribution in [0.2, 0.25) is 0 Å². The Hall–Kier alpha value is -1.65. The molecule has 0 aromatic heterocycles. The minimum atomic E-state index is -4.80. The quantitative estimate of drug-likeness (QED) is 0.423. The van der Waals surface area contributed by atoms with Gasteiger partial charge in [-0.1, -0.05) is 12.6 Å². The maximum atomic E-state index is 13.2. The molecule has 80 valence electrons. The summed E-state index contributed by atoms with van der Waals surface area (Å²) in [6, 6.07) is 2.53. The van der Waals surface area contributed by atoms with Crippen molar-refractivity contribution in [2.24, 2.45) is 0 Å². The monoisotopic (exact) mass is 218 g/mol. The predicted octanol–water partition coefficient (Wildman–Crippen LogP) is 3.21. The fraction of sp³-hybridized carbons (Fsp3) is 0.100. The molecule has 0 spiro atoms. The van der Waals surface area contributed by atoms with Gasteiger partial charge in [0.05, 0.1) is 11.1 Å². The number of allylic oxidation sites excluding steroid dienone is 1. The van der Waals surface area contributed by atoms with Crippen LogP contribution in [0.5, 0.6) is 0 Å². The first-order valence-electron chi connectivity index (χ1n) is 3.90. The summed E-state index contributed by atoms with van der Waals surface area (Å²) < 4.78 is 49.9. The Kier molecular flexibility index (Phi) is 2.93. The van der Waals surface area contributed by atoms with Crippen LogP contribution in [0.4, 0.5) is 17.6 Å². The van der Waals surface area contributed by atoms with Crippen molar-refractivity contribution in [2.75, 3.05) is 0 Å². The molecular weight excluding hydrogens is 212 g/mol. The number of carbonyl (C=O) groups excluding carboxylic acids is 1. The zero-order valence-corrected chi connectivity index (χ0v) is 7.44. The number of halogens is 4. The first-order valence-corrected chi connectivity index (χ1v) is 3.90. The van der Waals surface area contributed by atoms with Crippen molar-refractivity contribution in [1.82, 2.24) is 0 Å². The second-order valence-corrected chi connectivity index (χ2v) is 2.73. The summed E-state index contributed by atoms with van der Waals surface area (Å²) in [7, 11) is 0. The van der Waals surface area contributed by atoms with Gasteiger partial charge in [0.25, 0.3) is 0 Å². The molecule has 15 heavy (non-hydrogen) atoms. The number of carbonyl (C=O) groups is 1. The van der Waals surface area contributed by atoms with Crippen LogP contribution in [0.1, 0.15) is 15.9 Å². The summed E-state index contributed by atoms with van der Waals surface area (Å²) >= 11 is 0. The average molecular weight is 218 g/mol.